The fourth-order valence-electron chi connectivity index (χ4n) is 1.44. The predicted molar refractivity (Wildman–Crippen MR) is 68.4 cm³/mol. The number of nitrogens with one attached hydrogen (secondary N) is 1. The molecule has 0 fully saturated rings. The first-order valence-electron chi connectivity index (χ1n) is 4.70. The van der Waals surface area contributed by atoms with Crippen molar-refractivity contribution in [3.05, 3.63) is 33.8 Å². The molecule has 2 aromatic rings. The number of hydrazine groups is 1. The van der Waals surface area contributed by atoms with E-state index in [-0.39, 0.29) is 0 Å². The van der Waals surface area contributed by atoms with Gasteiger partial charge in [-0.05, 0) is 41.8 Å². The van der Waals surface area contributed by atoms with Gasteiger partial charge >= 0.3 is 0 Å². The zero-order chi connectivity index (χ0) is 10.8. The Hall–Kier alpha value is -0.660. The minimum Gasteiger partial charge on any atom is -0.302 e. The summed E-state index contributed by atoms with van der Waals surface area (Å²) in [6.07, 6.45) is 4.01. The van der Waals surface area contributed by atoms with E-state index < -0.39 is 0 Å². The Balaban J connectivity index is 2.39. The van der Waals surface area contributed by atoms with Gasteiger partial charge in [0, 0.05) is 16.8 Å². The van der Waals surface area contributed by atoms with E-state index in [1.165, 1.54) is 9.26 Å². The molecule has 5 heteroatoms. The topological polar surface area (TPSA) is 32.6 Å². The summed E-state index contributed by atoms with van der Waals surface area (Å²) in [5, 5.41) is 2.02. The Morgan fingerprint density at radius 2 is 2.33 bits per heavy atom. The van der Waals surface area contributed by atoms with Gasteiger partial charge in [-0.1, -0.05) is 0 Å². The van der Waals surface area contributed by atoms with Gasteiger partial charge in [-0.3, -0.25) is 5.43 Å². The van der Waals surface area contributed by atoms with Gasteiger partial charge in [-0.15, -0.1) is 0 Å². The number of hydrogen-bond donors (Lipinski definition) is 1. The number of imidazole rings is 1. The van der Waals surface area contributed by atoms with Crippen molar-refractivity contribution >= 4 is 28.2 Å². The van der Waals surface area contributed by atoms with Crippen molar-refractivity contribution in [2.24, 2.45) is 0 Å². The number of fused-ring (bicyclic) bond motifs is 1. The molecule has 0 saturated heterocycles. The van der Waals surface area contributed by atoms with Gasteiger partial charge in [0.1, 0.15) is 5.65 Å². The average Bonchev–Trinajstić information content (AvgIpc) is 2.61. The zero-order valence-corrected chi connectivity index (χ0v) is 10.9. The molecule has 2 aromatic heterocycles. The number of rotatable bonds is 3. The molecule has 0 aromatic carbocycles. The Morgan fingerprint density at radius 1 is 1.53 bits per heavy atom. The fraction of sp³-hybridized carbons (Fsp3) is 0.300. The van der Waals surface area contributed by atoms with E-state index in [0.717, 1.165) is 12.2 Å². The summed E-state index contributed by atoms with van der Waals surface area (Å²) in [6.45, 7) is 0.831. The summed E-state index contributed by atoms with van der Waals surface area (Å²) in [7, 11) is 3.92. The van der Waals surface area contributed by atoms with Crippen LogP contribution in [-0.4, -0.2) is 28.5 Å². The summed E-state index contributed by atoms with van der Waals surface area (Å²) in [6, 6.07) is 4.10. The van der Waals surface area contributed by atoms with Crippen LogP contribution in [-0.2, 0) is 6.54 Å². The molecule has 0 atom stereocenters. The fourth-order valence-corrected chi connectivity index (χ4v) is 1.90. The van der Waals surface area contributed by atoms with Gasteiger partial charge in [0.25, 0.3) is 0 Å². The average molecular weight is 316 g/mol. The van der Waals surface area contributed by atoms with Crippen LogP contribution in [0.25, 0.3) is 5.65 Å². The second-order valence-corrected chi connectivity index (χ2v) is 4.65. The molecule has 0 radical (unpaired) electrons. The van der Waals surface area contributed by atoms with E-state index in [2.05, 4.69) is 49.7 Å². The number of aromatic nitrogens is 2. The van der Waals surface area contributed by atoms with E-state index in [9.17, 15) is 0 Å². The van der Waals surface area contributed by atoms with Gasteiger partial charge in [0.15, 0.2) is 0 Å². The van der Waals surface area contributed by atoms with Crippen molar-refractivity contribution in [2.45, 2.75) is 6.54 Å². The second-order valence-electron chi connectivity index (χ2n) is 3.40. The number of halogens is 1. The molecule has 2 rings (SSSR count). The molecule has 0 spiro atoms. The van der Waals surface area contributed by atoms with Crippen LogP contribution in [0.4, 0.5) is 0 Å². The van der Waals surface area contributed by atoms with Crippen LogP contribution in [0.15, 0.2) is 24.5 Å². The van der Waals surface area contributed by atoms with Gasteiger partial charge < -0.3 is 4.40 Å². The Morgan fingerprint density at radius 3 is 3.07 bits per heavy atom. The molecule has 0 bridgehead atoms. The Labute approximate surface area is 102 Å². The number of hydrogen-bond acceptors (Lipinski definition) is 3. The smallest absolute Gasteiger partial charge is 0.136 e. The van der Waals surface area contributed by atoms with Crippen LogP contribution in [0.5, 0.6) is 0 Å². The first-order valence-corrected chi connectivity index (χ1v) is 5.78. The van der Waals surface area contributed by atoms with Crippen LogP contribution in [0, 0.1) is 3.57 Å². The zero-order valence-electron chi connectivity index (χ0n) is 8.74. The molecular weight excluding hydrogens is 303 g/mol. The summed E-state index contributed by atoms with van der Waals surface area (Å²) < 4.78 is 3.33. The van der Waals surface area contributed by atoms with Crippen molar-refractivity contribution < 1.29 is 0 Å². The minimum atomic E-state index is 0.831. The molecule has 1 N–H and O–H groups in total. The molecule has 80 valence electrons. The second kappa shape index (κ2) is 4.46. The minimum absolute atomic E-state index is 0.831. The lowest BCUT2D eigenvalue weighted by molar-refractivity contribution is 0.248. The van der Waals surface area contributed by atoms with Crippen LogP contribution >= 0.6 is 22.6 Å². The summed E-state index contributed by atoms with van der Waals surface area (Å²) >= 11 is 2.31. The van der Waals surface area contributed by atoms with Gasteiger partial charge in [0.05, 0.1) is 18.4 Å². The predicted octanol–water partition coefficient (Wildman–Crippen LogP) is 1.51. The Bertz CT molecular complexity index is 465. The van der Waals surface area contributed by atoms with Gasteiger partial charge in [0.2, 0.25) is 0 Å². The molecule has 0 aliphatic rings. The monoisotopic (exact) mass is 316 g/mol. The molecule has 0 unspecified atom stereocenters. The quantitative estimate of drug-likeness (QED) is 0.688. The third kappa shape index (κ3) is 2.30. The van der Waals surface area contributed by atoms with E-state index >= 15 is 0 Å². The van der Waals surface area contributed by atoms with Crippen LogP contribution < -0.4 is 5.43 Å². The third-order valence-electron chi connectivity index (χ3n) is 2.33. The van der Waals surface area contributed by atoms with E-state index in [1.807, 2.05) is 31.4 Å². The summed E-state index contributed by atoms with van der Waals surface area (Å²) in [4.78, 5) is 4.35. The lowest BCUT2D eigenvalue weighted by atomic mass is 10.4. The number of nitrogens with zero attached hydrogens (tertiary/aromatic N) is 3. The highest BCUT2D eigenvalue weighted by Crippen LogP contribution is 2.11. The van der Waals surface area contributed by atoms with Crippen molar-refractivity contribution in [1.82, 2.24) is 19.8 Å². The van der Waals surface area contributed by atoms with Crippen LogP contribution in [0.1, 0.15) is 5.69 Å². The lowest BCUT2D eigenvalue weighted by Crippen LogP contribution is -2.30. The van der Waals surface area contributed by atoms with Gasteiger partial charge in [-0.25, -0.2) is 9.99 Å². The maximum atomic E-state index is 4.35. The molecule has 0 aliphatic carbocycles. The first kappa shape index (κ1) is 10.8. The van der Waals surface area contributed by atoms with Crippen molar-refractivity contribution in [3.8, 4) is 0 Å². The maximum Gasteiger partial charge on any atom is 0.136 e. The Kier molecular flexibility index (Phi) is 3.22. The van der Waals surface area contributed by atoms with Crippen molar-refractivity contribution in [1.29, 1.82) is 0 Å². The van der Waals surface area contributed by atoms with Crippen molar-refractivity contribution in [3.63, 3.8) is 0 Å². The standard InChI is InChI=1S/C10H13IN4/c1-12-14(2)7-9-5-13-10-4-3-8(11)6-15(9)10/h3-6,12H,7H2,1-2H3. The first-order chi connectivity index (χ1) is 7.20. The highest BCUT2D eigenvalue weighted by Gasteiger charge is 2.05. The molecule has 2 heterocycles. The van der Waals surface area contributed by atoms with Gasteiger partial charge in [-0.2, -0.15) is 0 Å². The molecule has 0 aliphatic heterocycles. The molecule has 0 saturated carbocycles. The largest absolute Gasteiger partial charge is 0.302 e. The molecular formula is C10H13IN4. The lowest BCUT2D eigenvalue weighted by Gasteiger charge is -2.14. The SMILES string of the molecule is CNN(C)Cc1cnc2ccc(I)cn12. The highest BCUT2D eigenvalue weighted by atomic mass is 127. The maximum absolute atomic E-state index is 4.35. The number of pyridine rings is 1. The summed E-state index contributed by atoms with van der Waals surface area (Å²) in [5.41, 5.74) is 5.25. The van der Waals surface area contributed by atoms with E-state index in [1.54, 1.807) is 0 Å². The normalized spacial score (nSPS) is 11.5. The molecule has 0 amide bonds. The van der Waals surface area contributed by atoms with E-state index in [0.29, 0.717) is 0 Å². The molecule has 15 heavy (non-hydrogen) atoms. The molecule has 4 nitrogen and oxygen atoms in total. The van der Waals surface area contributed by atoms with Crippen LogP contribution in [0.3, 0.4) is 0 Å². The third-order valence-corrected chi connectivity index (χ3v) is 2.97. The van der Waals surface area contributed by atoms with E-state index in [4.69, 9.17) is 0 Å². The highest BCUT2D eigenvalue weighted by molar-refractivity contribution is 14.1. The summed E-state index contributed by atoms with van der Waals surface area (Å²) in [5.74, 6) is 0. The van der Waals surface area contributed by atoms with Crippen molar-refractivity contribution in [2.75, 3.05) is 14.1 Å². The van der Waals surface area contributed by atoms with Crippen LogP contribution in [0.2, 0.25) is 0 Å².